The van der Waals surface area contributed by atoms with E-state index in [1.807, 2.05) is 83.9 Å². The molecule has 2 saturated heterocycles. The van der Waals surface area contributed by atoms with Crippen molar-refractivity contribution in [3.8, 4) is 0 Å². The maximum Gasteiger partial charge on any atom is 0.244 e. The molecule has 2 fully saturated rings. The van der Waals surface area contributed by atoms with E-state index in [0.29, 0.717) is 6.61 Å². The Hall–Kier alpha value is -3.78. The molecular weight excluding hydrogens is 488 g/mol. The molecule has 2 amide bonds. The van der Waals surface area contributed by atoms with Crippen LogP contribution in [0.15, 0.2) is 78.9 Å². The molecule has 3 aromatic carbocycles. The Morgan fingerprint density at radius 2 is 1.46 bits per heavy atom. The zero-order chi connectivity index (χ0) is 26.9. The summed E-state index contributed by atoms with van der Waals surface area (Å²) in [7, 11) is 0. The van der Waals surface area contributed by atoms with Crippen molar-refractivity contribution in [3.63, 3.8) is 0 Å². The van der Waals surface area contributed by atoms with Crippen LogP contribution in [0.3, 0.4) is 0 Å². The van der Waals surface area contributed by atoms with Crippen molar-refractivity contribution in [2.45, 2.75) is 44.2 Å². The first-order valence-corrected chi connectivity index (χ1v) is 13.8. The minimum Gasteiger partial charge on any atom is -0.325 e. The van der Waals surface area contributed by atoms with Gasteiger partial charge in [0.2, 0.25) is 11.8 Å². The number of hydrogen-bond acceptors (Lipinski definition) is 5. The summed E-state index contributed by atoms with van der Waals surface area (Å²) in [6.45, 7) is 2.23. The summed E-state index contributed by atoms with van der Waals surface area (Å²) in [5.41, 5.74) is 4.87. The lowest BCUT2D eigenvalue weighted by atomic mass is 10.1. The number of benzene rings is 3. The van der Waals surface area contributed by atoms with Crippen LogP contribution in [0.2, 0.25) is 0 Å². The molecule has 0 unspecified atom stereocenters. The molecule has 3 N–H and O–H groups in total. The van der Waals surface area contributed by atoms with E-state index in [1.54, 1.807) is 0 Å². The fourth-order valence-electron chi connectivity index (χ4n) is 4.99. The largest absolute Gasteiger partial charge is 0.325 e. The first-order valence-electron chi connectivity index (χ1n) is 13.8. The maximum atomic E-state index is 12.9. The van der Waals surface area contributed by atoms with Gasteiger partial charge in [-0.2, -0.15) is 5.06 Å². The monoisotopic (exact) mass is 524 g/mol. The molecule has 0 spiro atoms. The van der Waals surface area contributed by atoms with Crippen molar-refractivity contribution in [2.24, 2.45) is 0 Å². The van der Waals surface area contributed by atoms with Crippen LogP contribution in [0.1, 0.15) is 42.4 Å². The highest BCUT2D eigenvalue weighted by Crippen LogP contribution is 2.21. The molecule has 0 aromatic heterocycles. The Kier molecular flexibility index (Phi) is 9.17. The second-order valence-electron chi connectivity index (χ2n) is 10.1. The molecule has 2 aliphatic rings. The number of nitrogens with zero attached hydrogens (tertiary/aromatic N) is 1. The van der Waals surface area contributed by atoms with Crippen LogP contribution < -0.4 is 16.0 Å². The summed E-state index contributed by atoms with van der Waals surface area (Å²) in [6.07, 6.45) is 8.54. The predicted octanol–water partition coefficient (Wildman–Crippen LogP) is 5.12. The standard InChI is InChI=1S/C32H36N4O3/c37-31(29-8-4-21-33-29)34-27-16-12-25(13-17-27)10-11-26-14-18-28(19-15-26)35-32(38)30-9-5-22-36(30)39-23-20-24-6-2-1-3-7-24/h1-3,6-7,10-19,29-30,33H,4-5,8-9,20-23H2,(H,34,37)(H,35,38)/b11-10+/t29-,30-/m0/s1. The maximum absolute atomic E-state index is 12.9. The first kappa shape index (κ1) is 26.8. The topological polar surface area (TPSA) is 82.7 Å². The fraction of sp³-hybridized carbons (Fsp3) is 0.312. The summed E-state index contributed by atoms with van der Waals surface area (Å²) in [6, 6.07) is 25.5. The van der Waals surface area contributed by atoms with E-state index in [1.165, 1.54) is 5.56 Å². The van der Waals surface area contributed by atoms with E-state index in [2.05, 4.69) is 28.1 Å². The van der Waals surface area contributed by atoms with Gasteiger partial charge in [-0.05, 0) is 79.6 Å². The van der Waals surface area contributed by atoms with Gasteiger partial charge >= 0.3 is 0 Å². The number of anilines is 2. The minimum atomic E-state index is -0.275. The van der Waals surface area contributed by atoms with Crippen LogP contribution in [0.5, 0.6) is 0 Å². The molecule has 202 valence electrons. The van der Waals surface area contributed by atoms with E-state index in [0.717, 1.165) is 67.7 Å². The highest BCUT2D eigenvalue weighted by molar-refractivity contribution is 5.95. The van der Waals surface area contributed by atoms with Gasteiger partial charge in [-0.3, -0.25) is 14.4 Å². The Morgan fingerprint density at radius 1 is 0.821 bits per heavy atom. The third kappa shape index (κ3) is 7.63. The third-order valence-corrected chi connectivity index (χ3v) is 7.20. The van der Waals surface area contributed by atoms with Crippen LogP contribution in [0.4, 0.5) is 11.4 Å². The quantitative estimate of drug-likeness (QED) is 0.321. The van der Waals surface area contributed by atoms with Gasteiger partial charge in [-0.15, -0.1) is 0 Å². The Labute approximate surface area is 230 Å². The highest BCUT2D eigenvalue weighted by atomic mass is 16.7. The summed E-state index contributed by atoms with van der Waals surface area (Å²) in [5.74, 6) is -0.00871. The number of hydrogen-bond donors (Lipinski definition) is 3. The third-order valence-electron chi connectivity index (χ3n) is 7.20. The Balaban J connectivity index is 1.08. The average molecular weight is 525 g/mol. The van der Waals surface area contributed by atoms with Crippen molar-refractivity contribution < 1.29 is 14.4 Å². The van der Waals surface area contributed by atoms with Gasteiger partial charge in [-0.25, -0.2) is 0 Å². The van der Waals surface area contributed by atoms with Gasteiger partial charge < -0.3 is 16.0 Å². The average Bonchev–Trinajstić information content (AvgIpc) is 3.67. The van der Waals surface area contributed by atoms with E-state index < -0.39 is 0 Å². The second kappa shape index (κ2) is 13.3. The molecule has 0 radical (unpaired) electrons. The SMILES string of the molecule is O=C(Nc1ccc(/C=C/c2ccc(NC(=O)[C@@H]3CCCN3OCCc3ccccc3)cc2)cc1)[C@@H]1CCCN1. The summed E-state index contributed by atoms with van der Waals surface area (Å²) < 4.78 is 0. The van der Waals surface area contributed by atoms with Gasteiger partial charge in [0.1, 0.15) is 6.04 Å². The van der Waals surface area contributed by atoms with Gasteiger partial charge in [-0.1, -0.05) is 66.7 Å². The van der Waals surface area contributed by atoms with Crippen LogP contribution in [0.25, 0.3) is 12.2 Å². The van der Waals surface area contributed by atoms with Crippen LogP contribution in [-0.4, -0.2) is 48.7 Å². The van der Waals surface area contributed by atoms with E-state index >= 15 is 0 Å². The predicted molar refractivity (Wildman–Crippen MR) is 156 cm³/mol. The lowest BCUT2D eigenvalue weighted by Gasteiger charge is -2.23. The zero-order valence-corrected chi connectivity index (χ0v) is 22.1. The molecule has 7 nitrogen and oxygen atoms in total. The number of rotatable bonds is 10. The Bertz CT molecular complexity index is 1250. The van der Waals surface area contributed by atoms with Crippen LogP contribution in [0, 0.1) is 0 Å². The van der Waals surface area contributed by atoms with Crippen molar-refractivity contribution >= 4 is 35.3 Å². The number of carbonyl (C=O) groups excluding carboxylic acids is 2. The van der Waals surface area contributed by atoms with Gasteiger partial charge in [0.15, 0.2) is 0 Å². The summed E-state index contributed by atoms with van der Waals surface area (Å²) in [4.78, 5) is 31.2. The normalized spacial score (nSPS) is 19.4. The molecule has 2 aliphatic heterocycles. The van der Waals surface area contributed by atoms with E-state index in [-0.39, 0.29) is 23.9 Å². The number of nitrogens with one attached hydrogen (secondary N) is 3. The second-order valence-corrected chi connectivity index (χ2v) is 10.1. The van der Waals surface area contributed by atoms with Gasteiger partial charge in [0, 0.05) is 17.9 Å². The zero-order valence-electron chi connectivity index (χ0n) is 22.1. The molecular formula is C32H36N4O3. The van der Waals surface area contributed by atoms with Crippen molar-refractivity contribution in [1.29, 1.82) is 0 Å². The number of hydroxylamine groups is 2. The van der Waals surface area contributed by atoms with Gasteiger partial charge in [0.05, 0.1) is 12.6 Å². The van der Waals surface area contributed by atoms with Crippen molar-refractivity contribution in [2.75, 3.05) is 30.3 Å². The van der Waals surface area contributed by atoms with Crippen LogP contribution >= 0.6 is 0 Å². The molecule has 0 saturated carbocycles. The minimum absolute atomic E-state index is 0.0270. The van der Waals surface area contributed by atoms with Crippen molar-refractivity contribution in [1.82, 2.24) is 10.4 Å². The fourth-order valence-corrected chi connectivity index (χ4v) is 4.99. The first-order chi connectivity index (χ1) is 19.1. The molecule has 2 atom stereocenters. The molecule has 2 heterocycles. The Morgan fingerprint density at radius 3 is 2.08 bits per heavy atom. The molecule has 5 rings (SSSR count). The summed E-state index contributed by atoms with van der Waals surface area (Å²) in [5, 5.41) is 11.1. The number of amides is 2. The van der Waals surface area contributed by atoms with Gasteiger partial charge in [0.25, 0.3) is 0 Å². The number of carbonyl (C=O) groups is 2. The van der Waals surface area contributed by atoms with E-state index in [9.17, 15) is 9.59 Å². The summed E-state index contributed by atoms with van der Waals surface area (Å²) >= 11 is 0. The molecule has 39 heavy (non-hydrogen) atoms. The molecule has 0 aliphatic carbocycles. The molecule has 0 bridgehead atoms. The highest BCUT2D eigenvalue weighted by Gasteiger charge is 2.31. The lowest BCUT2D eigenvalue weighted by molar-refractivity contribution is -0.173. The molecule has 7 heteroatoms. The van der Waals surface area contributed by atoms with Crippen LogP contribution in [-0.2, 0) is 20.8 Å². The van der Waals surface area contributed by atoms with E-state index in [4.69, 9.17) is 4.84 Å². The smallest absolute Gasteiger partial charge is 0.244 e. The van der Waals surface area contributed by atoms with Crippen molar-refractivity contribution in [3.05, 3.63) is 95.6 Å². The molecule has 3 aromatic rings. The lowest BCUT2D eigenvalue weighted by Crippen LogP contribution is -2.40.